The lowest BCUT2D eigenvalue weighted by Crippen LogP contribution is -2.53. The molecule has 0 aromatic rings. The van der Waals surface area contributed by atoms with E-state index in [0.29, 0.717) is 0 Å². The van der Waals surface area contributed by atoms with Gasteiger partial charge in [-0.2, -0.15) is 0 Å². The Bertz CT molecular complexity index is 382. The predicted octanol–water partition coefficient (Wildman–Crippen LogP) is -0.348. The zero-order valence-corrected chi connectivity index (χ0v) is 12.0. The standard InChI is InChI=1S/C13H23N3O5/c14-11(18)8-10(12(19)20)15-13(21)16(6-7-17)9-4-2-1-3-5-9/h9-10,17H,1-8H2,(H2,14,18)(H,15,21)(H,19,20). The van der Waals surface area contributed by atoms with Crippen LogP contribution in [0, 0.1) is 0 Å². The van der Waals surface area contributed by atoms with Crippen LogP contribution in [0.5, 0.6) is 0 Å². The molecular weight excluding hydrogens is 278 g/mol. The Morgan fingerprint density at radius 2 is 1.86 bits per heavy atom. The lowest BCUT2D eigenvalue weighted by Gasteiger charge is -2.34. The van der Waals surface area contributed by atoms with Crippen LogP contribution in [0.1, 0.15) is 38.5 Å². The number of urea groups is 1. The summed E-state index contributed by atoms with van der Waals surface area (Å²) in [6.07, 6.45) is 4.33. The maximum atomic E-state index is 12.2. The van der Waals surface area contributed by atoms with Crippen molar-refractivity contribution in [1.82, 2.24) is 10.2 Å². The number of nitrogens with two attached hydrogens (primary N) is 1. The summed E-state index contributed by atoms with van der Waals surface area (Å²) >= 11 is 0. The SMILES string of the molecule is NC(=O)CC(NC(=O)N(CCO)C1CCCCC1)C(=O)O. The van der Waals surface area contributed by atoms with E-state index in [-0.39, 0.29) is 19.2 Å². The van der Waals surface area contributed by atoms with Gasteiger partial charge in [0.25, 0.3) is 0 Å². The number of aliphatic carboxylic acids is 1. The largest absolute Gasteiger partial charge is 0.480 e. The number of amides is 3. The molecular formula is C13H23N3O5. The van der Waals surface area contributed by atoms with Crippen LogP contribution in [0.3, 0.4) is 0 Å². The molecule has 1 fully saturated rings. The van der Waals surface area contributed by atoms with E-state index < -0.39 is 30.4 Å². The molecule has 3 amide bonds. The molecule has 8 nitrogen and oxygen atoms in total. The molecule has 1 unspecified atom stereocenters. The molecule has 120 valence electrons. The molecule has 0 aliphatic heterocycles. The molecule has 0 heterocycles. The fourth-order valence-electron chi connectivity index (χ4n) is 2.58. The molecule has 0 bridgehead atoms. The number of carbonyl (C=O) groups is 3. The summed E-state index contributed by atoms with van der Waals surface area (Å²) in [5, 5.41) is 20.4. The van der Waals surface area contributed by atoms with E-state index in [0.717, 1.165) is 32.1 Å². The van der Waals surface area contributed by atoms with Crippen LogP contribution in [0.4, 0.5) is 4.79 Å². The Morgan fingerprint density at radius 3 is 2.33 bits per heavy atom. The van der Waals surface area contributed by atoms with E-state index in [1.54, 1.807) is 0 Å². The van der Waals surface area contributed by atoms with Gasteiger partial charge < -0.3 is 26.2 Å². The minimum atomic E-state index is -1.35. The number of carboxylic acid groups (broad SMARTS) is 1. The van der Waals surface area contributed by atoms with Crippen molar-refractivity contribution in [3.63, 3.8) is 0 Å². The Hall–Kier alpha value is -1.83. The van der Waals surface area contributed by atoms with Crippen molar-refractivity contribution in [3.05, 3.63) is 0 Å². The molecule has 8 heteroatoms. The first-order valence-corrected chi connectivity index (χ1v) is 7.14. The third-order valence-corrected chi connectivity index (χ3v) is 3.62. The van der Waals surface area contributed by atoms with E-state index in [2.05, 4.69) is 5.32 Å². The van der Waals surface area contributed by atoms with Gasteiger partial charge in [0.15, 0.2) is 0 Å². The first-order chi connectivity index (χ1) is 9.95. The average Bonchev–Trinajstić information content (AvgIpc) is 2.44. The molecule has 0 saturated heterocycles. The van der Waals surface area contributed by atoms with Crippen molar-refractivity contribution in [2.45, 2.75) is 50.6 Å². The van der Waals surface area contributed by atoms with Gasteiger partial charge in [-0.15, -0.1) is 0 Å². The Balaban J connectivity index is 2.69. The Labute approximate surface area is 123 Å². The number of hydrogen-bond donors (Lipinski definition) is 4. The second-order valence-electron chi connectivity index (χ2n) is 5.22. The molecule has 0 aromatic carbocycles. The number of aliphatic hydroxyl groups is 1. The minimum absolute atomic E-state index is 0.00563. The van der Waals surface area contributed by atoms with E-state index in [1.165, 1.54) is 4.90 Å². The molecule has 5 N–H and O–H groups in total. The number of nitrogens with one attached hydrogen (secondary N) is 1. The zero-order chi connectivity index (χ0) is 15.8. The summed E-state index contributed by atoms with van der Waals surface area (Å²) in [4.78, 5) is 35.6. The first-order valence-electron chi connectivity index (χ1n) is 7.14. The quantitative estimate of drug-likeness (QED) is 0.510. The maximum absolute atomic E-state index is 12.2. The molecule has 1 aliphatic carbocycles. The van der Waals surface area contributed by atoms with Crippen LogP contribution in [0.25, 0.3) is 0 Å². The van der Waals surface area contributed by atoms with Crippen LogP contribution < -0.4 is 11.1 Å². The van der Waals surface area contributed by atoms with Gasteiger partial charge in [0, 0.05) is 12.6 Å². The maximum Gasteiger partial charge on any atom is 0.326 e. The molecule has 1 rings (SSSR count). The van der Waals surface area contributed by atoms with Gasteiger partial charge in [-0.05, 0) is 12.8 Å². The third-order valence-electron chi connectivity index (χ3n) is 3.62. The molecule has 1 aliphatic rings. The van der Waals surface area contributed by atoms with Gasteiger partial charge in [0.05, 0.1) is 13.0 Å². The fourth-order valence-corrected chi connectivity index (χ4v) is 2.58. The number of carboxylic acids is 1. The highest BCUT2D eigenvalue weighted by Gasteiger charge is 2.29. The van der Waals surface area contributed by atoms with E-state index in [1.807, 2.05) is 0 Å². The summed E-state index contributed by atoms with van der Waals surface area (Å²) in [7, 11) is 0. The lowest BCUT2D eigenvalue weighted by molar-refractivity contribution is -0.141. The molecule has 21 heavy (non-hydrogen) atoms. The summed E-state index contributed by atoms with van der Waals surface area (Å²) in [6.45, 7) is -0.0586. The van der Waals surface area contributed by atoms with Gasteiger partial charge in [-0.3, -0.25) is 4.79 Å². The van der Waals surface area contributed by atoms with Gasteiger partial charge in [0.2, 0.25) is 5.91 Å². The van der Waals surface area contributed by atoms with Crippen molar-refractivity contribution in [1.29, 1.82) is 0 Å². The Morgan fingerprint density at radius 1 is 1.24 bits per heavy atom. The summed E-state index contributed by atoms with van der Waals surface area (Å²) < 4.78 is 0. The summed E-state index contributed by atoms with van der Waals surface area (Å²) in [6, 6.07) is -1.93. The van der Waals surface area contributed by atoms with Crippen LogP contribution in [-0.2, 0) is 9.59 Å². The van der Waals surface area contributed by atoms with Crippen LogP contribution in [-0.4, -0.2) is 58.3 Å². The van der Waals surface area contributed by atoms with Crippen LogP contribution >= 0.6 is 0 Å². The van der Waals surface area contributed by atoms with Crippen molar-refractivity contribution in [2.75, 3.05) is 13.2 Å². The number of aliphatic hydroxyl groups excluding tert-OH is 1. The highest BCUT2D eigenvalue weighted by atomic mass is 16.4. The molecule has 0 spiro atoms. The molecule has 0 aromatic heterocycles. The molecule has 0 radical (unpaired) electrons. The molecule has 1 saturated carbocycles. The minimum Gasteiger partial charge on any atom is -0.480 e. The van der Waals surface area contributed by atoms with Crippen LogP contribution in [0.2, 0.25) is 0 Å². The zero-order valence-electron chi connectivity index (χ0n) is 12.0. The van der Waals surface area contributed by atoms with Gasteiger partial charge >= 0.3 is 12.0 Å². The number of hydrogen-bond acceptors (Lipinski definition) is 4. The third kappa shape index (κ3) is 5.58. The van der Waals surface area contributed by atoms with Gasteiger partial charge in [-0.25, -0.2) is 9.59 Å². The summed E-state index contributed by atoms with van der Waals surface area (Å²) in [5.74, 6) is -2.11. The van der Waals surface area contributed by atoms with Gasteiger partial charge in [0.1, 0.15) is 6.04 Å². The first kappa shape index (κ1) is 17.2. The van der Waals surface area contributed by atoms with Crippen molar-refractivity contribution in [2.24, 2.45) is 5.73 Å². The van der Waals surface area contributed by atoms with E-state index >= 15 is 0 Å². The van der Waals surface area contributed by atoms with Crippen molar-refractivity contribution < 1.29 is 24.6 Å². The summed E-state index contributed by atoms with van der Waals surface area (Å²) in [5.41, 5.74) is 4.98. The predicted molar refractivity (Wildman–Crippen MR) is 74.4 cm³/mol. The second-order valence-corrected chi connectivity index (χ2v) is 5.22. The fraction of sp³-hybridized carbons (Fsp3) is 0.769. The average molecular weight is 301 g/mol. The van der Waals surface area contributed by atoms with E-state index in [4.69, 9.17) is 15.9 Å². The van der Waals surface area contributed by atoms with Crippen LogP contribution in [0.15, 0.2) is 0 Å². The lowest BCUT2D eigenvalue weighted by atomic mass is 9.94. The van der Waals surface area contributed by atoms with Gasteiger partial charge in [-0.1, -0.05) is 19.3 Å². The Kier molecular flexibility index (Phi) is 6.93. The normalized spacial score (nSPS) is 17.0. The van der Waals surface area contributed by atoms with Crippen molar-refractivity contribution in [3.8, 4) is 0 Å². The topological polar surface area (TPSA) is 133 Å². The highest BCUT2D eigenvalue weighted by molar-refractivity contribution is 5.87. The smallest absolute Gasteiger partial charge is 0.326 e. The number of nitrogens with zero attached hydrogens (tertiary/aromatic N) is 1. The number of rotatable bonds is 7. The number of carbonyl (C=O) groups excluding carboxylic acids is 2. The molecule has 1 atom stereocenters. The van der Waals surface area contributed by atoms with Crippen molar-refractivity contribution >= 4 is 17.9 Å². The monoisotopic (exact) mass is 301 g/mol. The number of primary amides is 1. The highest BCUT2D eigenvalue weighted by Crippen LogP contribution is 2.22. The van der Waals surface area contributed by atoms with E-state index in [9.17, 15) is 14.4 Å². The second kappa shape index (κ2) is 8.46.